The van der Waals surface area contributed by atoms with Gasteiger partial charge in [0.05, 0.1) is 32.9 Å². The van der Waals surface area contributed by atoms with Crippen LogP contribution >= 0.6 is 0 Å². The molecule has 122 valence electrons. The molecule has 0 aliphatic rings. The summed E-state index contributed by atoms with van der Waals surface area (Å²) >= 11 is 0. The zero-order valence-electron chi connectivity index (χ0n) is 13.3. The number of carbonyl (C=O) groups is 2. The van der Waals surface area contributed by atoms with Crippen LogP contribution in [0.4, 0.5) is 10.5 Å². The van der Waals surface area contributed by atoms with Crippen molar-refractivity contribution in [2.45, 2.75) is 26.3 Å². The summed E-state index contributed by atoms with van der Waals surface area (Å²) in [5, 5.41) is 5.33. The summed E-state index contributed by atoms with van der Waals surface area (Å²) in [6.45, 7) is 3.78. The van der Waals surface area contributed by atoms with E-state index in [0.717, 1.165) is 0 Å². The van der Waals surface area contributed by atoms with Crippen LogP contribution in [0.3, 0.4) is 0 Å². The van der Waals surface area contributed by atoms with Gasteiger partial charge in [-0.05, 0) is 26.0 Å². The molecule has 0 aromatic heterocycles. The monoisotopic (exact) mass is 310 g/mol. The lowest BCUT2D eigenvalue weighted by Crippen LogP contribution is -2.37. The van der Waals surface area contributed by atoms with E-state index in [9.17, 15) is 9.59 Å². The van der Waals surface area contributed by atoms with Crippen LogP contribution in [0.5, 0.6) is 11.5 Å². The molecule has 7 heteroatoms. The van der Waals surface area contributed by atoms with E-state index in [1.165, 1.54) is 7.11 Å². The number of benzene rings is 1. The number of amides is 2. The molecule has 1 atom stereocenters. The third-order valence-corrected chi connectivity index (χ3v) is 2.81. The molecule has 0 saturated carbocycles. The highest BCUT2D eigenvalue weighted by Crippen LogP contribution is 2.28. The van der Waals surface area contributed by atoms with Crippen LogP contribution in [-0.2, 0) is 9.53 Å². The smallest absolute Gasteiger partial charge is 0.319 e. The Morgan fingerprint density at radius 2 is 1.95 bits per heavy atom. The fourth-order valence-electron chi connectivity index (χ4n) is 1.80. The number of nitrogens with one attached hydrogen (secondary N) is 2. The molecule has 0 spiro atoms. The van der Waals surface area contributed by atoms with Crippen molar-refractivity contribution in [1.82, 2.24) is 5.32 Å². The largest absolute Gasteiger partial charge is 0.497 e. The maximum Gasteiger partial charge on any atom is 0.319 e. The number of esters is 1. The summed E-state index contributed by atoms with van der Waals surface area (Å²) in [4.78, 5) is 23.3. The zero-order valence-corrected chi connectivity index (χ0v) is 13.3. The Labute approximate surface area is 129 Å². The molecule has 0 aliphatic carbocycles. The summed E-state index contributed by atoms with van der Waals surface area (Å²) in [5.74, 6) is 0.753. The number of urea groups is 1. The van der Waals surface area contributed by atoms with Crippen LogP contribution in [0.1, 0.15) is 20.3 Å². The standard InChI is InChI=1S/C15H22N2O5/c1-5-22-14(18)8-10(2)16-15(19)17-12-7-6-11(20-3)9-13(12)21-4/h6-7,9-10H,5,8H2,1-4H3,(H2,16,17,19). The van der Waals surface area contributed by atoms with Gasteiger partial charge in [-0.3, -0.25) is 4.79 Å². The van der Waals surface area contributed by atoms with E-state index < -0.39 is 6.03 Å². The second kappa shape index (κ2) is 8.76. The first-order valence-corrected chi connectivity index (χ1v) is 6.95. The van der Waals surface area contributed by atoms with Gasteiger partial charge in [0.2, 0.25) is 0 Å². The number of ether oxygens (including phenoxy) is 3. The molecule has 0 saturated heterocycles. The average Bonchev–Trinajstić information content (AvgIpc) is 2.47. The van der Waals surface area contributed by atoms with Gasteiger partial charge in [0.25, 0.3) is 0 Å². The summed E-state index contributed by atoms with van der Waals surface area (Å²) in [6.07, 6.45) is 0.112. The van der Waals surface area contributed by atoms with Gasteiger partial charge in [0.1, 0.15) is 11.5 Å². The summed E-state index contributed by atoms with van der Waals surface area (Å²) in [5.41, 5.74) is 0.504. The Balaban J connectivity index is 2.59. The van der Waals surface area contributed by atoms with E-state index in [1.54, 1.807) is 39.2 Å². The Kier molecular flexibility index (Phi) is 7.01. The van der Waals surface area contributed by atoms with Crippen molar-refractivity contribution >= 4 is 17.7 Å². The first-order chi connectivity index (χ1) is 10.5. The van der Waals surface area contributed by atoms with Crippen LogP contribution in [0, 0.1) is 0 Å². The predicted molar refractivity (Wildman–Crippen MR) is 82.4 cm³/mol. The number of anilines is 1. The quantitative estimate of drug-likeness (QED) is 0.754. The van der Waals surface area contributed by atoms with Gasteiger partial charge in [-0.15, -0.1) is 0 Å². The molecular formula is C15H22N2O5. The van der Waals surface area contributed by atoms with Crippen molar-refractivity contribution < 1.29 is 23.8 Å². The SMILES string of the molecule is CCOC(=O)CC(C)NC(=O)Nc1ccc(OC)cc1OC. The van der Waals surface area contributed by atoms with Crippen LogP contribution in [-0.4, -0.2) is 38.9 Å². The fraction of sp³-hybridized carbons (Fsp3) is 0.467. The number of carbonyl (C=O) groups excluding carboxylic acids is 2. The van der Waals surface area contributed by atoms with Crippen molar-refractivity contribution in [3.8, 4) is 11.5 Å². The van der Waals surface area contributed by atoms with Gasteiger partial charge in [0, 0.05) is 12.1 Å². The van der Waals surface area contributed by atoms with Crippen LogP contribution in [0.25, 0.3) is 0 Å². The maximum atomic E-state index is 11.9. The normalized spacial score (nSPS) is 11.3. The second-order valence-corrected chi connectivity index (χ2v) is 4.57. The van der Waals surface area contributed by atoms with Crippen molar-refractivity contribution in [1.29, 1.82) is 0 Å². The zero-order chi connectivity index (χ0) is 16.5. The Hall–Kier alpha value is -2.44. The second-order valence-electron chi connectivity index (χ2n) is 4.57. The third kappa shape index (κ3) is 5.51. The Morgan fingerprint density at radius 3 is 2.55 bits per heavy atom. The van der Waals surface area contributed by atoms with Gasteiger partial charge in [-0.1, -0.05) is 0 Å². The van der Waals surface area contributed by atoms with Crippen LogP contribution < -0.4 is 20.1 Å². The van der Waals surface area contributed by atoms with Crippen LogP contribution in [0.15, 0.2) is 18.2 Å². The van der Waals surface area contributed by atoms with E-state index in [-0.39, 0.29) is 18.4 Å². The predicted octanol–water partition coefficient (Wildman–Crippen LogP) is 2.17. The molecule has 2 N–H and O–H groups in total. The van der Waals surface area contributed by atoms with Crippen molar-refractivity contribution in [3.05, 3.63) is 18.2 Å². The van der Waals surface area contributed by atoms with Gasteiger partial charge < -0.3 is 24.8 Å². The van der Waals surface area contributed by atoms with E-state index >= 15 is 0 Å². The van der Waals surface area contributed by atoms with Crippen molar-refractivity contribution in [2.75, 3.05) is 26.1 Å². The first kappa shape index (κ1) is 17.6. The van der Waals surface area contributed by atoms with Gasteiger partial charge >= 0.3 is 12.0 Å². The highest BCUT2D eigenvalue weighted by Gasteiger charge is 2.14. The van der Waals surface area contributed by atoms with Gasteiger partial charge in [-0.2, -0.15) is 0 Å². The summed E-state index contributed by atoms with van der Waals surface area (Å²) < 4.78 is 15.1. The minimum Gasteiger partial charge on any atom is -0.497 e. The molecule has 0 bridgehead atoms. The highest BCUT2D eigenvalue weighted by molar-refractivity contribution is 5.91. The minimum absolute atomic E-state index is 0.112. The van der Waals surface area contributed by atoms with Crippen molar-refractivity contribution in [3.63, 3.8) is 0 Å². The number of hydrogen-bond donors (Lipinski definition) is 2. The molecular weight excluding hydrogens is 288 g/mol. The summed E-state index contributed by atoms with van der Waals surface area (Å²) in [6, 6.07) is 4.27. The average molecular weight is 310 g/mol. The molecule has 1 aromatic carbocycles. The fourth-order valence-corrected chi connectivity index (χ4v) is 1.80. The Bertz CT molecular complexity index is 519. The third-order valence-electron chi connectivity index (χ3n) is 2.81. The van der Waals surface area contributed by atoms with E-state index in [4.69, 9.17) is 14.2 Å². The molecule has 7 nitrogen and oxygen atoms in total. The van der Waals surface area contributed by atoms with E-state index in [1.807, 2.05) is 0 Å². The number of rotatable bonds is 7. The lowest BCUT2D eigenvalue weighted by molar-refractivity contribution is -0.143. The van der Waals surface area contributed by atoms with Crippen molar-refractivity contribution in [2.24, 2.45) is 0 Å². The Morgan fingerprint density at radius 1 is 1.23 bits per heavy atom. The molecule has 0 fully saturated rings. The molecule has 0 heterocycles. The topological polar surface area (TPSA) is 85.9 Å². The lowest BCUT2D eigenvalue weighted by Gasteiger charge is -2.15. The van der Waals surface area contributed by atoms with E-state index in [2.05, 4.69) is 10.6 Å². The highest BCUT2D eigenvalue weighted by atomic mass is 16.5. The molecule has 1 aromatic rings. The molecule has 2 amide bonds. The summed E-state index contributed by atoms with van der Waals surface area (Å²) in [7, 11) is 3.05. The first-order valence-electron chi connectivity index (χ1n) is 6.95. The molecule has 1 rings (SSSR count). The molecule has 0 aliphatic heterocycles. The van der Waals surface area contributed by atoms with Gasteiger partial charge in [-0.25, -0.2) is 4.79 Å². The lowest BCUT2D eigenvalue weighted by atomic mass is 10.2. The minimum atomic E-state index is -0.430. The molecule has 1 unspecified atom stereocenters. The number of methoxy groups -OCH3 is 2. The van der Waals surface area contributed by atoms with E-state index in [0.29, 0.717) is 23.8 Å². The maximum absolute atomic E-state index is 11.9. The van der Waals surface area contributed by atoms with Crippen LogP contribution in [0.2, 0.25) is 0 Å². The number of hydrogen-bond acceptors (Lipinski definition) is 5. The molecule has 0 radical (unpaired) electrons. The van der Waals surface area contributed by atoms with Gasteiger partial charge in [0.15, 0.2) is 0 Å². The molecule has 22 heavy (non-hydrogen) atoms.